The largest absolute Gasteiger partial charge is 0.391 e. The SMILES string of the molecule is O[C@H](CCl)CN1CCC(C2CCN(C[C@H](O)CCl)CC2)CC1. The van der Waals surface area contributed by atoms with Crippen LogP contribution in [0.1, 0.15) is 25.7 Å². The predicted octanol–water partition coefficient (Wildman–Crippen LogP) is 1.61. The van der Waals surface area contributed by atoms with Gasteiger partial charge in [-0.2, -0.15) is 0 Å². The average molecular weight is 353 g/mol. The number of piperidine rings is 2. The van der Waals surface area contributed by atoms with Crippen molar-refractivity contribution in [2.24, 2.45) is 11.8 Å². The van der Waals surface area contributed by atoms with E-state index in [0.717, 1.165) is 38.0 Å². The highest BCUT2D eigenvalue weighted by Gasteiger charge is 2.30. The van der Waals surface area contributed by atoms with Crippen LogP contribution in [0.4, 0.5) is 0 Å². The van der Waals surface area contributed by atoms with Crippen molar-refractivity contribution in [1.82, 2.24) is 9.80 Å². The summed E-state index contributed by atoms with van der Waals surface area (Å²) in [6.07, 6.45) is 4.17. The van der Waals surface area contributed by atoms with E-state index in [1.54, 1.807) is 0 Å². The average Bonchev–Trinajstić information content (AvgIpc) is 2.56. The van der Waals surface area contributed by atoms with Crippen LogP contribution in [0.3, 0.4) is 0 Å². The summed E-state index contributed by atoms with van der Waals surface area (Å²) in [5.74, 6) is 2.30. The Kier molecular flexibility index (Phi) is 8.23. The van der Waals surface area contributed by atoms with Crippen molar-refractivity contribution in [1.29, 1.82) is 0 Å². The number of β-amino-alcohol motifs (C(OH)–C–C–N with tert-alkyl or cyclic N) is 2. The molecule has 2 rings (SSSR count). The zero-order chi connectivity index (χ0) is 15.9. The topological polar surface area (TPSA) is 46.9 Å². The quantitative estimate of drug-likeness (QED) is 0.683. The number of rotatable bonds is 7. The summed E-state index contributed by atoms with van der Waals surface area (Å²) in [7, 11) is 0. The van der Waals surface area contributed by atoms with Crippen LogP contribution >= 0.6 is 23.2 Å². The van der Waals surface area contributed by atoms with Crippen LogP contribution in [-0.2, 0) is 0 Å². The Hall–Kier alpha value is 0.420. The number of hydrogen-bond donors (Lipinski definition) is 2. The first kappa shape index (κ1) is 18.8. The van der Waals surface area contributed by atoms with Crippen molar-refractivity contribution in [3.05, 3.63) is 0 Å². The van der Waals surface area contributed by atoms with Gasteiger partial charge >= 0.3 is 0 Å². The molecular weight excluding hydrogens is 323 g/mol. The minimum Gasteiger partial charge on any atom is -0.391 e. The summed E-state index contributed by atoms with van der Waals surface area (Å²) in [5, 5.41) is 19.3. The van der Waals surface area contributed by atoms with Gasteiger partial charge in [-0.1, -0.05) is 0 Å². The highest BCUT2D eigenvalue weighted by atomic mass is 35.5. The summed E-state index contributed by atoms with van der Waals surface area (Å²) in [6.45, 7) is 5.77. The Morgan fingerprint density at radius 1 is 0.727 bits per heavy atom. The molecule has 2 atom stereocenters. The molecule has 0 bridgehead atoms. The number of likely N-dealkylation sites (tertiary alicyclic amines) is 2. The van der Waals surface area contributed by atoms with Crippen molar-refractivity contribution in [3.63, 3.8) is 0 Å². The summed E-state index contributed by atoms with van der Waals surface area (Å²) < 4.78 is 0. The number of aliphatic hydroxyl groups is 2. The Morgan fingerprint density at radius 3 is 1.32 bits per heavy atom. The van der Waals surface area contributed by atoms with E-state index >= 15 is 0 Å². The minimum atomic E-state index is -0.394. The number of nitrogens with zero attached hydrogens (tertiary/aromatic N) is 2. The monoisotopic (exact) mass is 352 g/mol. The summed E-state index contributed by atoms with van der Waals surface area (Å²) in [4.78, 5) is 4.69. The molecule has 0 radical (unpaired) electrons. The predicted molar refractivity (Wildman–Crippen MR) is 91.8 cm³/mol. The molecule has 22 heavy (non-hydrogen) atoms. The molecule has 2 aliphatic rings. The third-order valence-corrected chi connectivity index (χ3v) is 5.94. The first-order chi connectivity index (χ1) is 10.6. The first-order valence-electron chi connectivity index (χ1n) is 8.55. The van der Waals surface area contributed by atoms with Crippen molar-refractivity contribution in [2.45, 2.75) is 37.9 Å². The molecule has 0 aromatic rings. The lowest BCUT2D eigenvalue weighted by Gasteiger charge is -2.40. The molecule has 4 nitrogen and oxygen atoms in total. The molecule has 0 saturated carbocycles. The van der Waals surface area contributed by atoms with E-state index in [4.69, 9.17) is 23.2 Å². The van der Waals surface area contributed by atoms with Gasteiger partial charge in [0.15, 0.2) is 0 Å². The van der Waals surface area contributed by atoms with Crippen LogP contribution in [0.5, 0.6) is 0 Å². The Bertz CT molecular complexity index is 277. The highest BCUT2D eigenvalue weighted by Crippen LogP contribution is 2.32. The fourth-order valence-electron chi connectivity index (χ4n) is 3.91. The third-order valence-electron chi connectivity index (χ3n) is 5.23. The van der Waals surface area contributed by atoms with Gasteiger partial charge in [-0.3, -0.25) is 0 Å². The zero-order valence-electron chi connectivity index (χ0n) is 13.3. The van der Waals surface area contributed by atoms with Crippen LogP contribution in [0.25, 0.3) is 0 Å². The van der Waals surface area contributed by atoms with E-state index in [1.807, 2.05) is 0 Å². The number of halogens is 2. The molecule has 2 N–H and O–H groups in total. The minimum absolute atomic E-state index is 0.326. The van der Waals surface area contributed by atoms with Crippen molar-refractivity contribution in [2.75, 3.05) is 51.0 Å². The van der Waals surface area contributed by atoms with Crippen molar-refractivity contribution >= 4 is 23.2 Å². The van der Waals surface area contributed by atoms with Gasteiger partial charge in [0.25, 0.3) is 0 Å². The second-order valence-electron chi connectivity index (χ2n) is 6.89. The van der Waals surface area contributed by atoms with E-state index in [2.05, 4.69) is 9.80 Å². The second kappa shape index (κ2) is 9.65. The van der Waals surface area contributed by atoms with Gasteiger partial charge in [-0.15, -0.1) is 23.2 Å². The van der Waals surface area contributed by atoms with Gasteiger partial charge in [0, 0.05) is 24.8 Å². The molecule has 2 heterocycles. The Labute approximate surface area is 144 Å². The molecule has 0 aliphatic carbocycles. The van der Waals surface area contributed by atoms with E-state index < -0.39 is 12.2 Å². The maximum absolute atomic E-state index is 9.64. The molecule has 130 valence electrons. The number of hydrogen-bond acceptors (Lipinski definition) is 4. The normalized spacial score (nSPS) is 26.2. The standard InChI is InChI=1S/C16H30Cl2N2O2/c17-9-15(21)11-19-5-1-13(2-6-19)14-3-7-20(8-4-14)12-16(22)10-18/h13-16,21-22H,1-12H2/t15-,16-/m1/s1. The Morgan fingerprint density at radius 2 is 1.05 bits per heavy atom. The molecule has 0 aromatic heterocycles. The van der Waals surface area contributed by atoms with Gasteiger partial charge in [-0.05, 0) is 63.7 Å². The lowest BCUT2D eigenvalue weighted by atomic mass is 9.78. The van der Waals surface area contributed by atoms with Gasteiger partial charge in [0.05, 0.1) is 12.2 Å². The lowest BCUT2D eigenvalue weighted by Crippen LogP contribution is -2.44. The molecule has 2 saturated heterocycles. The van der Waals surface area contributed by atoms with Crippen molar-refractivity contribution < 1.29 is 10.2 Å². The molecule has 2 aliphatic heterocycles. The third kappa shape index (κ3) is 5.81. The zero-order valence-corrected chi connectivity index (χ0v) is 14.9. The summed E-state index contributed by atoms with van der Waals surface area (Å²) >= 11 is 11.3. The van der Waals surface area contributed by atoms with E-state index in [1.165, 1.54) is 25.7 Å². The lowest BCUT2D eigenvalue weighted by molar-refractivity contribution is 0.0578. The maximum atomic E-state index is 9.64. The van der Waals surface area contributed by atoms with Crippen LogP contribution in [-0.4, -0.2) is 83.2 Å². The van der Waals surface area contributed by atoms with Gasteiger partial charge in [0.1, 0.15) is 0 Å². The molecule has 0 unspecified atom stereocenters. The molecular formula is C16H30Cl2N2O2. The molecule has 0 aromatic carbocycles. The Balaban J connectivity index is 1.66. The first-order valence-corrected chi connectivity index (χ1v) is 9.62. The van der Waals surface area contributed by atoms with Crippen LogP contribution in [0.15, 0.2) is 0 Å². The van der Waals surface area contributed by atoms with E-state index in [-0.39, 0.29) is 0 Å². The molecule has 0 amide bonds. The van der Waals surface area contributed by atoms with Crippen molar-refractivity contribution in [3.8, 4) is 0 Å². The van der Waals surface area contributed by atoms with Crippen LogP contribution < -0.4 is 0 Å². The van der Waals surface area contributed by atoms with Crippen LogP contribution in [0.2, 0.25) is 0 Å². The molecule has 2 fully saturated rings. The van der Waals surface area contributed by atoms with E-state index in [9.17, 15) is 10.2 Å². The highest BCUT2D eigenvalue weighted by molar-refractivity contribution is 6.18. The van der Waals surface area contributed by atoms with Crippen LogP contribution in [0, 0.1) is 11.8 Å². The fourth-order valence-corrected chi connectivity index (χ4v) is 4.10. The number of aliphatic hydroxyl groups excluding tert-OH is 2. The maximum Gasteiger partial charge on any atom is 0.0802 e. The van der Waals surface area contributed by atoms with E-state index in [0.29, 0.717) is 24.8 Å². The summed E-state index contributed by atoms with van der Waals surface area (Å²) in [5.41, 5.74) is 0. The second-order valence-corrected chi connectivity index (χ2v) is 7.51. The number of alkyl halides is 2. The van der Waals surface area contributed by atoms with Gasteiger partial charge < -0.3 is 20.0 Å². The molecule has 0 spiro atoms. The van der Waals surface area contributed by atoms with Gasteiger partial charge in [-0.25, -0.2) is 0 Å². The smallest absolute Gasteiger partial charge is 0.0802 e. The summed E-state index contributed by atoms with van der Waals surface area (Å²) in [6, 6.07) is 0. The fraction of sp³-hybridized carbons (Fsp3) is 1.00. The van der Waals surface area contributed by atoms with Gasteiger partial charge in [0.2, 0.25) is 0 Å². The molecule has 6 heteroatoms.